The highest BCUT2D eigenvalue weighted by Gasteiger charge is 2.25. The van der Waals surface area contributed by atoms with Crippen molar-refractivity contribution in [2.45, 2.75) is 82.3 Å². The number of anilines is 2. The second-order valence-corrected chi connectivity index (χ2v) is 8.74. The third-order valence-corrected chi connectivity index (χ3v) is 6.50. The molecule has 0 saturated heterocycles. The largest absolute Gasteiger partial charge is 0.368 e. The minimum Gasteiger partial charge on any atom is -0.368 e. The third kappa shape index (κ3) is 5.06. The van der Waals surface area contributed by atoms with Gasteiger partial charge >= 0.3 is 0 Å². The molecule has 0 spiro atoms. The van der Waals surface area contributed by atoms with Gasteiger partial charge in [-0.15, -0.1) is 24.8 Å². The smallest absolute Gasteiger partial charge is 0.227 e. The van der Waals surface area contributed by atoms with Crippen LogP contribution in [0.1, 0.15) is 70.3 Å². The van der Waals surface area contributed by atoms with Crippen molar-refractivity contribution in [2.75, 3.05) is 17.2 Å². The van der Waals surface area contributed by atoms with E-state index in [2.05, 4.69) is 15.2 Å². The molecule has 3 fully saturated rings. The highest BCUT2D eigenvalue weighted by molar-refractivity contribution is 5.86. The molecule has 0 aromatic carbocycles. The van der Waals surface area contributed by atoms with E-state index < -0.39 is 0 Å². The average Bonchev–Trinajstić information content (AvgIpc) is 3.15. The number of hydrogen-bond donors (Lipinski definition) is 3. The first-order valence-electron chi connectivity index (χ1n) is 10.8. The quantitative estimate of drug-likeness (QED) is 0.618. The number of imidazole rings is 1. The van der Waals surface area contributed by atoms with Crippen molar-refractivity contribution in [1.82, 2.24) is 19.5 Å². The fraction of sp³-hybridized carbons (Fsp3) is 0.750. The molecule has 162 valence electrons. The molecule has 3 aliphatic rings. The van der Waals surface area contributed by atoms with Crippen LogP contribution in [-0.2, 0) is 0 Å². The van der Waals surface area contributed by atoms with Crippen molar-refractivity contribution in [3.8, 4) is 0 Å². The highest BCUT2D eigenvalue weighted by Crippen LogP contribution is 2.34. The molecule has 0 unspecified atom stereocenters. The molecule has 0 atom stereocenters. The number of fused-ring (bicyclic) bond motifs is 1. The number of nitrogens with zero attached hydrogens (tertiary/aromatic N) is 4. The molecule has 7 nitrogen and oxygen atoms in total. The number of nitrogens with two attached hydrogens (primary N) is 1. The van der Waals surface area contributed by atoms with E-state index in [0.717, 1.165) is 61.1 Å². The molecule has 3 saturated carbocycles. The van der Waals surface area contributed by atoms with Gasteiger partial charge in [-0.25, -0.2) is 4.98 Å². The molecule has 2 aromatic heterocycles. The van der Waals surface area contributed by atoms with E-state index in [1.807, 2.05) is 6.33 Å². The maximum Gasteiger partial charge on any atom is 0.227 e. The Bertz CT molecular complexity index is 793. The summed E-state index contributed by atoms with van der Waals surface area (Å²) >= 11 is 0. The number of halogens is 2. The van der Waals surface area contributed by atoms with E-state index in [1.165, 1.54) is 38.5 Å². The molecule has 2 aromatic rings. The van der Waals surface area contributed by atoms with E-state index in [4.69, 9.17) is 20.7 Å². The van der Waals surface area contributed by atoms with E-state index >= 15 is 0 Å². The van der Waals surface area contributed by atoms with Gasteiger partial charge in [0, 0.05) is 24.7 Å². The molecule has 4 N–H and O–H groups in total. The van der Waals surface area contributed by atoms with Crippen LogP contribution < -0.4 is 16.4 Å². The molecule has 0 radical (unpaired) electrons. The van der Waals surface area contributed by atoms with E-state index in [1.54, 1.807) is 0 Å². The molecule has 9 heteroatoms. The van der Waals surface area contributed by atoms with E-state index in [-0.39, 0.29) is 24.8 Å². The van der Waals surface area contributed by atoms with Crippen molar-refractivity contribution in [3.05, 3.63) is 6.33 Å². The van der Waals surface area contributed by atoms with Gasteiger partial charge in [-0.1, -0.05) is 12.8 Å². The Morgan fingerprint density at radius 1 is 0.966 bits per heavy atom. The summed E-state index contributed by atoms with van der Waals surface area (Å²) in [6.07, 6.45) is 14.0. The summed E-state index contributed by atoms with van der Waals surface area (Å²) in [6.45, 7) is 0.986. The van der Waals surface area contributed by atoms with Gasteiger partial charge in [0.2, 0.25) is 5.95 Å². The van der Waals surface area contributed by atoms with Gasteiger partial charge in [0.1, 0.15) is 0 Å². The molecule has 3 aliphatic carbocycles. The SMILES string of the molecule is Cl.Cl.N[C@H]1CC[C@H](Nc2nc(NCC3CC3)c3ncn(C4CCCC4)c3n2)CC1. The molecule has 0 aliphatic heterocycles. The van der Waals surface area contributed by atoms with Crippen molar-refractivity contribution >= 4 is 47.7 Å². The van der Waals surface area contributed by atoms with Crippen molar-refractivity contribution in [2.24, 2.45) is 11.7 Å². The Kier molecular flexibility index (Phi) is 7.46. The fourth-order valence-corrected chi connectivity index (χ4v) is 4.56. The molecule has 29 heavy (non-hydrogen) atoms. The molecule has 0 amide bonds. The molecule has 0 bridgehead atoms. The topological polar surface area (TPSA) is 93.7 Å². The van der Waals surface area contributed by atoms with Gasteiger partial charge < -0.3 is 20.9 Å². The van der Waals surface area contributed by atoms with Crippen LogP contribution in [-0.4, -0.2) is 38.1 Å². The molecule has 2 heterocycles. The van der Waals surface area contributed by atoms with Gasteiger partial charge in [-0.05, 0) is 57.3 Å². The van der Waals surface area contributed by atoms with Crippen LogP contribution in [0.3, 0.4) is 0 Å². The molecular weight excluding hydrogens is 409 g/mol. The number of aromatic nitrogens is 4. The second-order valence-electron chi connectivity index (χ2n) is 8.74. The van der Waals surface area contributed by atoms with Gasteiger partial charge in [0.05, 0.1) is 6.33 Å². The van der Waals surface area contributed by atoms with Crippen LogP contribution in [0, 0.1) is 5.92 Å². The summed E-state index contributed by atoms with van der Waals surface area (Å²) in [7, 11) is 0. The minimum absolute atomic E-state index is 0. The Hall–Kier alpha value is -1.31. The standard InChI is InChI=1S/C20H31N7.2ClH/c21-14-7-9-15(10-8-14)24-20-25-18(22-11-13-5-6-13)17-19(26-20)27(12-23-17)16-3-1-2-4-16;;/h12-16H,1-11,21H2,(H2,22,24,25,26);2*1H/t14-,15-;;. The first-order valence-corrected chi connectivity index (χ1v) is 10.8. The van der Waals surface area contributed by atoms with Gasteiger partial charge in [0.25, 0.3) is 0 Å². The minimum atomic E-state index is 0. The predicted molar refractivity (Wildman–Crippen MR) is 122 cm³/mol. The molecule has 5 rings (SSSR count). The third-order valence-electron chi connectivity index (χ3n) is 6.50. The van der Waals surface area contributed by atoms with Crippen molar-refractivity contribution < 1.29 is 0 Å². The fourth-order valence-electron chi connectivity index (χ4n) is 4.56. The van der Waals surface area contributed by atoms with Gasteiger partial charge in [-0.2, -0.15) is 9.97 Å². The van der Waals surface area contributed by atoms with Crippen molar-refractivity contribution in [1.29, 1.82) is 0 Å². The first-order chi connectivity index (χ1) is 13.3. The van der Waals surface area contributed by atoms with Crippen LogP contribution in [0.15, 0.2) is 6.33 Å². The zero-order valence-electron chi connectivity index (χ0n) is 16.8. The van der Waals surface area contributed by atoms with Crippen LogP contribution in [0.2, 0.25) is 0 Å². The first kappa shape index (κ1) is 22.4. The predicted octanol–water partition coefficient (Wildman–Crippen LogP) is 4.29. The van der Waals surface area contributed by atoms with Crippen LogP contribution in [0.5, 0.6) is 0 Å². The number of hydrogen-bond acceptors (Lipinski definition) is 6. The lowest BCUT2D eigenvalue weighted by Gasteiger charge is -2.27. The summed E-state index contributed by atoms with van der Waals surface area (Å²) in [5.41, 5.74) is 7.95. The van der Waals surface area contributed by atoms with Crippen LogP contribution in [0.4, 0.5) is 11.8 Å². The zero-order chi connectivity index (χ0) is 18.2. The summed E-state index contributed by atoms with van der Waals surface area (Å²) in [5, 5.41) is 7.14. The second kappa shape index (κ2) is 9.67. The Balaban J connectivity index is 0.00000120. The number of rotatable bonds is 6. The van der Waals surface area contributed by atoms with Gasteiger partial charge in [-0.3, -0.25) is 0 Å². The number of nitrogens with one attached hydrogen (secondary N) is 2. The lowest BCUT2D eigenvalue weighted by Crippen LogP contribution is -2.33. The molecular formula is C20H33Cl2N7. The van der Waals surface area contributed by atoms with Gasteiger partial charge in [0.15, 0.2) is 17.0 Å². The summed E-state index contributed by atoms with van der Waals surface area (Å²) in [4.78, 5) is 14.4. The Morgan fingerprint density at radius 3 is 2.38 bits per heavy atom. The zero-order valence-corrected chi connectivity index (χ0v) is 18.5. The maximum atomic E-state index is 6.06. The van der Waals surface area contributed by atoms with Crippen LogP contribution in [0.25, 0.3) is 11.2 Å². The lowest BCUT2D eigenvalue weighted by molar-refractivity contribution is 0.410. The van der Waals surface area contributed by atoms with Crippen LogP contribution >= 0.6 is 24.8 Å². The lowest BCUT2D eigenvalue weighted by atomic mass is 9.92. The summed E-state index contributed by atoms with van der Waals surface area (Å²) < 4.78 is 2.29. The Labute approximate surface area is 184 Å². The maximum absolute atomic E-state index is 6.06. The highest BCUT2D eigenvalue weighted by atomic mass is 35.5. The summed E-state index contributed by atoms with van der Waals surface area (Å²) in [6, 6.07) is 1.30. The van der Waals surface area contributed by atoms with Crippen molar-refractivity contribution in [3.63, 3.8) is 0 Å². The summed E-state index contributed by atoms with van der Waals surface area (Å²) in [5.74, 6) is 2.42. The average molecular weight is 442 g/mol. The Morgan fingerprint density at radius 2 is 1.69 bits per heavy atom. The van der Waals surface area contributed by atoms with E-state index in [0.29, 0.717) is 18.1 Å². The monoisotopic (exact) mass is 441 g/mol. The normalized spacial score (nSPS) is 24.7. The van der Waals surface area contributed by atoms with E-state index in [9.17, 15) is 0 Å².